The Hall–Kier alpha value is -1.59. The van der Waals surface area contributed by atoms with Crippen LogP contribution in [0.5, 0.6) is 0 Å². The van der Waals surface area contributed by atoms with Crippen molar-refractivity contribution in [2.75, 3.05) is 32.7 Å². The Morgan fingerprint density at radius 1 is 1.03 bits per heavy atom. The van der Waals surface area contributed by atoms with E-state index in [-0.39, 0.29) is 17.3 Å². The van der Waals surface area contributed by atoms with Gasteiger partial charge < -0.3 is 0 Å². The second-order valence-electron chi connectivity index (χ2n) is 6.88. The molecule has 0 saturated carbocycles. The van der Waals surface area contributed by atoms with Crippen molar-refractivity contribution in [3.63, 3.8) is 0 Å². The maximum atomic E-state index is 12.8. The lowest BCUT2D eigenvalue weighted by molar-refractivity contribution is -0.122. The summed E-state index contributed by atoms with van der Waals surface area (Å²) < 4.78 is 28.7. The van der Waals surface area contributed by atoms with Gasteiger partial charge in [-0.1, -0.05) is 44.0 Å². The van der Waals surface area contributed by atoms with Gasteiger partial charge in [-0.15, -0.1) is 0 Å². The van der Waals surface area contributed by atoms with E-state index in [1.807, 2.05) is 36.1 Å². The zero-order valence-corrected chi connectivity index (χ0v) is 20.4. The number of carbonyl (C=O) groups excluding carboxylic acids is 1. The third-order valence-electron chi connectivity index (χ3n) is 4.74. The van der Waals surface area contributed by atoms with Crippen LogP contribution in [-0.4, -0.2) is 62.0 Å². The molecule has 1 saturated heterocycles. The van der Waals surface area contributed by atoms with Gasteiger partial charge in [-0.2, -0.15) is 9.41 Å². The summed E-state index contributed by atoms with van der Waals surface area (Å²) >= 11 is 6.73. The van der Waals surface area contributed by atoms with Crippen LogP contribution in [0.2, 0.25) is 0 Å². The van der Waals surface area contributed by atoms with Gasteiger partial charge in [0.05, 0.1) is 17.2 Å². The fraction of sp³-hybridized carbons (Fsp3) is 0.300. The largest absolute Gasteiger partial charge is 0.292 e. The summed E-state index contributed by atoms with van der Waals surface area (Å²) in [7, 11) is -3.53. The predicted molar refractivity (Wildman–Crippen MR) is 124 cm³/mol. The average molecular weight is 558 g/mol. The number of sulfonamides is 1. The van der Waals surface area contributed by atoms with Crippen molar-refractivity contribution in [1.29, 1.82) is 0 Å². The zero-order chi connectivity index (χ0) is 21.7. The van der Waals surface area contributed by atoms with Crippen molar-refractivity contribution in [3.8, 4) is 0 Å². The van der Waals surface area contributed by atoms with Crippen LogP contribution >= 0.6 is 31.9 Å². The molecule has 2 aromatic carbocycles. The highest BCUT2D eigenvalue weighted by Gasteiger charge is 2.29. The van der Waals surface area contributed by atoms with E-state index < -0.39 is 10.0 Å². The van der Waals surface area contributed by atoms with Crippen molar-refractivity contribution < 1.29 is 13.2 Å². The minimum Gasteiger partial charge on any atom is -0.292 e. The SMILES string of the molecule is C/C(=N/NC(=O)CN1CCN(S(=O)(=O)c2ccc(Br)cc2)CC1)c1cccc(Br)c1. The Kier molecular flexibility index (Phi) is 7.81. The quantitative estimate of drug-likeness (QED) is 0.437. The summed E-state index contributed by atoms with van der Waals surface area (Å²) in [6.45, 7) is 3.64. The van der Waals surface area contributed by atoms with Crippen LogP contribution in [0, 0.1) is 0 Å². The van der Waals surface area contributed by atoms with Gasteiger partial charge >= 0.3 is 0 Å². The molecule has 30 heavy (non-hydrogen) atoms. The number of rotatable bonds is 6. The van der Waals surface area contributed by atoms with Crippen molar-refractivity contribution in [3.05, 3.63) is 63.0 Å². The molecule has 1 N–H and O–H groups in total. The summed E-state index contributed by atoms with van der Waals surface area (Å²) in [4.78, 5) is 14.4. The predicted octanol–water partition coefficient (Wildman–Crippen LogP) is 3.06. The highest BCUT2D eigenvalue weighted by molar-refractivity contribution is 9.10. The molecule has 0 aliphatic carbocycles. The van der Waals surface area contributed by atoms with Crippen molar-refractivity contribution in [2.45, 2.75) is 11.8 Å². The molecule has 1 aliphatic heterocycles. The zero-order valence-electron chi connectivity index (χ0n) is 16.4. The smallest absolute Gasteiger partial charge is 0.254 e. The van der Waals surface area contributed by atoms with Gasteiger partial charge in [-0.25, -0.2) is 13.8 Å². The number of halogens is 2. The van der Waals surface area contributed by atoms with E-state index in [1.165, 1.54) is 4.31 Å². The second kappa shape index (κ2) is 10.1. The number of carbonyl (C=O) groups is 1. The molecule has 0 spiro atoms. The standard InChI is InChI=1S/C20H22Br2N4O3S/c1-15(16-3-2-4-18(22)13-16)23-24-20(27)14-25-9-11-26(12-10-25)30(28,29)19-7-5-17(21)6-8-19/h2-8,13H,9-12,14H2,1H3,(H,24,27)/b23-15-. The lowest BCUT2D eigenvalue weighted by Crippen LogP contribution is -2.50. The van der Waals surface area contributed by atoms with Crippen LogP contribution in [0.4, 0.5) is 0 Å². The lowest BCUT2D eigenvalue weighted by atomic mass is 10.1. The minimum absolute atomic E-state index is 0.168. The van der Waals surface area contributed by atoms with Gasteiger partial charge in [0, 0.05) is 35.1 Å². The Bertz CT molecular complexity index is 1030. The number of nitrogens with zero attached hydrogens (tertiary/aromatic N) is 3. The van der Waals surface area contributed by atoms with Gasteiger partial charge in [0.15, 0.2) is 0 Å². The van der Waals surface area contributed by atoms with Crippen molar-refractivity contribution >= 4 is 53.5 Å². The maximum Gasteiger partial charge on any atom is 0.254 e. The van der Waals surface area contributed by atoms with Crippen LogP contribution in [0.1, 0.15) is 12.5 Å². The minimum atomic E-state index is -3.53. The monoisotopic (exact) mass is 556 g/mol. The molecule has 7 nitrogen and oxygen atoms in total. The Balaban J connectivity index is 1.51. The molecule has 0 radical (unpaired) electrons. The number of hydrogen-bond donors (Lipinski definition) is 1. The van der Waals surface area contributed by atoms with E-state index in [1.54, 1.807) is 24.3 Å². The van der Waals surface area contributed by atoms with Crippen molar-refractivity contribution in [2.24, 2.45) is 5.10 Å². The van der Waals surface area contributed by atoms with Gasteiger partial charge in [0.1, 0.15) is 0 Å². The molecule has 1 aliphatic rings. The van der Waals surface area contributed by atoms with Crippen molar-refractivity contribution in [1.82, 2.24) is 14.6 Å². The molecular weight excluding hydrogens is 536 g/mol. The average Bonchev–Trinajstić information content (AvgIpc) is 2.73. The van der Waals surface area contributed by atoms with Gasteiger partial charge in [-0.05, 0) is 48.9 Å². The number of piperazine rings is 1. The van der Waals surface area contributed by atoms with E-state index >= 15 is 0 Å². The van der Waals surface area contributed by atoms with Crippen LogP contribution in [0.25, 0.3) is 0 Å². The third-order valence-corrected chi connectivity index (χ3v) is 7.68. The molecule has 0 bridgehead atoms. The molecular formula is C20H22Br2N4O3S. The number of benzene rings is 2. The van der Waals surface area contributed by atoms with E-state index in [2.05, 4.69) is 42.4 Å². The summed E-state index contributed by atoms with van der Waals surface area (Å²) in [6, 6.07) is 14.3. The molecule has 1 amide bonds. The topological polar surface area (TPSA) is 82.1 Å². The van der Waals surface area contributed by atoms with Crippen LogP contribution < -0.4 is 5.43 Å². The summed E-state index contributed by atoms with van der Waals surface area (Å²) in [5.41, 5.74) is 4.19. The highest BCUT2D eigenvalue weighted by Crippen LogP contribution is 2.20. The van der Waals surface area contributed by atoms with E-state index in [0.29, 0.717) is 31.9 Å². The van der Waals surface area contributed by atoms with Crippen LogP contribution in [-0.2, 0) is 14.8 Å². The van der Waals surface area contributed by atoms with Gasteiger partial charge in [0.25, 0.3) is 5.91 Å². The molecule has 0 unspecified atom stereocenters. The van der Waals surface area contributed by atoms with Gasteiger partial charge in [0.2, 0.25) is 10.0 Å². The molecule has 2 aromatic rings. The molecule has 1 heterocycles. The molecule has 1 fully saturated rings. The number of amides is 1. The van der Waals surface area contributed by atoms with Gasteiger partial charge in [-0.3, -0.25) is 9.69 Å². The first-order valence-corrected chi connectivity index (χ1v) is 12.4. The normalized spacial score (nSPS) is 16.4. The lowest BCUT2D eigenvalue weighted by Gasteiger charge is -2.33. The maximum absolute atomic E-state index is 12.8. The fourth-order valence-electron chi connectivity index (χ4n) is 3.05. The Morgan fingerprint density at radius 3 is 2.33 bits per heavy atom. The second-order valence-corrected chi connectivity index (χ2v) is 10.6. The molecule has 0 atom stereocenters. The number of hydrogen-bond acceptors (Lipinski definition) is 5. The summed E-state index contributed by atoms with van der Waals surface area (Å²) in [5.74, 6) is -0.228. The van der Waals surface area contributed by atoms with Crippen LogP contribution in [0.15, 0.2) is 67.5 Å². The summed E-state index contributed by atoms with van der Waals surface area (Å²) in [6.07, 6.45) is 0. The number of nitrogens with one attached hydrogen (secondary N) is 1. The first-order chi connectivity index (χ1) is 14.3. The van der Waals surface area contributed by atoms with E-state index in [9.17, 15) is 13.2 Å². The Labute approximate surface area is 193 Å². The molecule has 10 heteroatoms. The van der Waals surface area contributed by atoms with E-state index in [0.717, 1.165) is 14.5 Å². The first-order valence-electron chi connectivity index (χ1n) is 9.33. The van der Waals surface area contributed by atoms with E-state index in [4.69, 9.17) is 0 Å². The summed E-state index contributed by atoms with van der Waals surface area (Å²) in [5, 5.41) is 4.16. The highest BCUT2D eigenvalue weighted by atomic mass is 79.9. The molecule has 160 valence electrons. The van der Waals surface area contributed by atoms with Crippen LogP contribution in [0.3, 0.4) is 0 Å². The Morgan fingerprint density at radius 2 is 1.70 bits per heavy atom. The number of hydrazone groups is 1. The molecule has 3 rings (SSSR count). The fourth-order valence-corrected chi connectivity index (χ4v) is 5.13. The first kappa shape index (κ1) is 23.1. The third kappa shape index (κ3) is 5.98. The molecule has 0 aromatic heterocycles.